The van der Waals surface area contributed by atoms with Gasteiger partial charge in [0.25, 0.3) is 27.5 Å². The predicted octanol–water partition coefficient (Wildman–Crippen LogP) is 0.558. The first-order chi connectivity index (χ1) is 16.1. The van der Waals surface area contributed by atoms with Gasteiger partial charge in [-0.25, -0.2) is 8.42 Å². The lowest BCUT2D eigenvalue weighted by atomic mass is 10.1. The number of fused-ring (bicyclic) bond motifs is 1. The lowest BCUT2D eigenvalue weighted by Crippen LogP contribution is -2.42. The summed E-state index contributed by atoms with van der Waals surface area (Å²) in [4.78, 5) is 48.2. The van der Waals surface area contributed by atoms with Gasteiger partial charge in [0, 0.05) is 19.0 Å². The van der Waals surface area contributed by atoms with E-state index in [-0.39, 0.29) is 24.1 Å². The molecule has 2 aliphatic heterocycles. The Labute approximate surface area is 193 Å². The Balaban J connectivity index is 1.46. The number of para-hydroxylation sites is 1. The van der Waals surface area contributed by atoms with E-state index in [4.69, 9.17) is 4.74 Å². The maximum absolute atomic E-state index is 13.1. The lowest BCUT2D eigenvalue weighted by molar-refractivity contribution is -0.387. The molecule has 1 saturated heterocycles. The number of carbonyl (C=O) groups is 3. The number of nitro groups is 1. The minimum atomic E-state index is -4.52. The second-order valence-electron chi connectivity index (χ2n) is 7.68. The highest BCUT2D eigenvalue weighted by atomic mass is 32.2. The van der Waals surface area contributed by atoms with Crippen molar-refractivity contribution in [3.05, 3.63) is 69.8 Å². The van der Waals surface area contributed by atoms with Crippen LogP contribution in [0.25, 0.3) is 0 Å². The highest BCUT2D eigenvalue weighted by molar-refractivity contribution is 7.89. The molecular weight excluding hydrogens is 470 g/mol. The fourth-order valence-corrected chi connectivity index (χ4v) is 5.78. The van der Waals surface area contributed by atoms with Gasteiger partial charge >= 0.3 is 5.97 Å². The maximum atomic E-state index is 13.1. The van der Waals surface area contributed by atoms with Crippen molar-refractivity contribution in [2.45, 2.75) is 23.5 Å². The van der Waals surface area contributed by atoms with Crippen LogP contribution in [0.2, 0.25) is 0 Å². The van der Waals surface area contributed by atoms with Crippen molar-refractivity contribution in [2.75, 3.05) is 19.7 Å². The van der Waals surface area contributed by atoms with Crippen LogP contribution in [0, 0.1) is 10.1 Å². The average molecular weight is 489 g/mol. The standard InChI is InChI=1S/C21H19N3O9S/c25-13-11-17(23(12-13)34(31,32)18-8-4-3-7-16(18)24(29)30)21(28)33-10-9-22-19(26)14-5-1-2-6-15(14)20(22)27/h1-8,13,17,25H,9-12H2/t13-,17+/m1/s1. The predicted molar refractivity (Wildman–Crippen MR) is 114 cm³/mol. The van der Waals surface area contributed by atoms with Crippen LogP contribution in [-0.4, -0.2) is 77.3 Å². The molecule has 2 amide bonds. The summed E-state index contributed by atoms with van der Waals surface area (Å²) in [6.07, 6.45) is -1.46. The first-order valence-corrected chi connectivity index (χ1v) is 11.6. The van der Waals surface area contributed by atoms with Gasteiger partial charge in [-0.05, 0) is 18.2 Å². The summed E-state index contributed by atoms with van der Waals surface area (Å²) in [7, 11) is -4.52. The van der Waals surface area contributed by atoms with Crippen LogP contribution >= 0.6 is 0 Å². The van der Waals surface area contributed by atoms with Gasteiger partial charge < -0.3 is 9.84 Å². The second-order valence-corrected chi connectivity index (χ2v) is 9.54. The molecule has 1 N–H and O–H groups in total. The minimum Gasteiger partial charge on any atom is -0.463 e. The van der Waals surface area contributed by atoms with Gasteiger partial charge in [0.15, 0.2) is 4.90 Å². The zero-order chi connectivity index (χ0) is 24.6. The summed E-state index contributed by atoms with van der Waals surface area (Å²) in [6, 6.07) is 9.50. The number of rotatable bonds is 7. The number of sulfonamides is 1. The van der Waals surface area contributed by atoms with E-state index in [9.17, 15) is 38.0 Å². The molecule has 34 heavy (non-hydrogen) atoms. The Hall–Kier alpha value is -3.68. The van der Waals surface area contributed by atoms with E-state index in [0.29, 0.717) is 4.31 Å². The molecule has 0 aromatic heterocycles. The molecule has 0 bridgehead atoms. The molecule has 2 atom stereocenters. The summed E-state index contributed by atoms with van der Waals surface area (Å²) in [6.45, 7) is -1.09. The van der Waals surface area contributed by atoms with Gasteiger partial charge in [-0.15, -0.1) is 0 Å². The molecule has 178 valence electrons. The van der Waals surface area contributed by atoms with Crippen LogP contribution in [0.1, 0.15) is 27.1 Å². The molecule has 0 radical (unpaired) electrons. The van der Waals surface area contributed by atoms with Crippen molar-refractivity contribution in [1.82, 2.24) is 9.21 Å². The number of nitro benzene ring substituents is 1. The van der Waals surface area contributed by atoms with E-state index < -0.39 is 68.6 Å². The maximum Gasteiger partial charge on any atom is 0.324 e. The molecule has 0 aliphatic carbocycles. The third-order valence-electron chi connectivity index (χ3n) is 5.59. The Morgan fingerprint density at radius 3 is 2.29 bits per heavy atom. The molecule has 13 heteroatoms. The highest BCUT2D eigenvalue weighted by Gasteiger charge is 2.46. The summed E-state index contributed by atoms with van der Waals surface area (Å²) < 4.78 is 32.0. The molecule has 2 aromatic carbocycles. The number of ether oxygens (including phenoxy) is 1. The Morgan fingerprint density at radius 2 is 1.68 bits per heavy atom. The molecule has 4 rings (SSSR count). The van der Waals surface area contributed by atoms with Gasteiger partial charge in [0.1, 0.15) is 12.6 Å². The zero-order valence-corrected chi connectivity index (χ0v) is 18.4. The molecule has 12 nitrogen and oxygen atoms in total. The van der Waals surface area contributed by atoms with Crippen LogP contribution in [-0.2, 0) is 19.6 Å². The molecule has 0 unspecified atom stereocenters. The van der Waals surface area contributed by atoms with E-state index in [1.165, 1.54) is 24.3 Å². The van der Waals surface area contributed by atoms with Crippen molar-refractivity contribution >= 4 is 33.5 Å². The molecule has 0 saturated carbocycles. The van der Waals surface area contributed by atoms with Crippen molar-refractivity contribution in [3.63, 3.8) is 0 Å². The normalized spacial score (nSPS) is 20.4. The molecule has 2 heterocycles. The quantitative estimate of drug-likeness (QED) is 0.253. The van der Waals surface area contributed by atoms with E-state index in [1.807, 2.05) is 0 Å². The van der Waals surface area contributed by atoms with E-state index in [2.05, 4.69) is 0 Å². The van der Waals surface area contributed by atoms with Crippen molar-refractivity contribution in [2.24, 2.45) is 0 Å². The molecule has 2 aromatic rings. The number of aliphatic hydroxyl groups excluding tert-OH is 1. The monoisotopic (exact) mass is 489 g/mol. The minimum absolute atomic E-state index is 0.236. The number of β-amino-alcohol motifs (C(OH)–C–C–N with tert-alkyl or cyclic N) is 1. The molecule has 1 fully saturated rings. The van der Waals surface area contributed by atoms with Crippen molar-refractivity contribution in [1.29, 1.82) is 0 Å². The number of amides is 2. The largest absolute Gasteiger partial charge is 0.463 e. The third kappa shape index (κ3) is 4.04. The van der Waals surface area contributed by atoms with Crippen LogP contribution in [0.3, 0.4) is 0 Å². The van der Waals surface area contributed by atoms with Gasteiger partial charge in [0.05, 0.1) is 28.7 Å². The average Bonchev–Trinajstić information content (AvgIpc) is 3.33. The summed E-state index contributed by atoms with van der Waals surface area (Å²) >= 11 is 0. The first kappa shape index (κ1) is 23.5. The second kappa shape index (κ2) is 8.93. The summed E-state index contributed by atoms with van der Waals surface area (Å²) in [5.74, 6) is -2.07. The number of aliphatic hydroxyl groups is 1. The lowest BCUT2D eigenvalue weighted by Gasteiger charge is -2.22. The number of hydrogen-bond acceptors (Lipinski definition) is 9. The Morgan fingerprint density at radius 1 is 1.09 bits per heavy atom. The number of imide groups is 1. The Kier molecular flexibility index (Phi) is 6.17. The number of benzene rings is 2. The van der Waals surface area contributed by atoms with Crippen LogP contribution < -0.4 is 0 Å². The topological polar surface area (TPSA) is 164 Å². The number of hydrogen-bond donors (Lipinski definition) is 1. The Bertz CT molecular complexity index is 1260. The SMILES string of the molecule is O=C(OCCN1C(=O)c2ccccc2C1=O)[C@@H]1C[C@@H](O)CN1S(=O)(=O)c1ccccc1[N+](=O)[O-]. The number of carbonyl (C=O) groups excluding carboxylic acids is 3. The first-order valence-electron chi connectivity index (χ1n) is 10.2. The summed E-state index contributed by atoms with van der Waals surface area (Å²) in [5.41, 5.74) is -0.194. The van der Waals surface area contributed by atoms with Gasteiger partial charge in [-0.3, -0.25) is 29.4 Å². The van der Waals surface area contributed by atoms with Gasteiger partial charge in [-0.2, -0.15) is 4.31 Å². The van der Waals surface area contributed by atoms with Gasteiger partial charge in [-0.1, -0.05) is 24.3 Å². The van der Waals surface area contributed by atoms with Crippen LogP contribution in [0.15, 0.2) is 53.4 Å². The fourth-order valence-electron chi connectivity index (χ4n) is 3.99. The fraction of sp³-hybridized carbons (Fsp3) is 0.286. The van der Waals surface area contributed by atoms with E-state index in [1.54, 1.807) is 12.1 Å². The van der Waals surface area contributed by atoms with E-state index >= 15 is 0 Å². The molecule has 2 aliphatic rings. The van der Waals surface area contributed by atoms with Crippen LogP contribution in [0.4, 0.5) is 5.69 Å². The molecular formula is C21H19N3O9S. The van der Waals surface area contributed by atoms with Crippen molar-refractivity contribution < 1.29 is 37.6 Å². The van der Waals surface area contributed by atoms with Gasteiger partial charge in [0.2, 0.25) is 0 Å². The number of esters is 1. The zero-order valence-electron chi connectivity index (χ0n) is 17.6. The third-order valence-corrected chi connectivity index (χ3v) is 7.51. The summed E-state index contributed by atoms with van der Waals surface area (Å²) in [5, 5.41) is 21.3. The van der Waals surface area contributed by atoms with E-state index in [0.717, 1.165) is 17.0 Å². The van der Waals surface area contributed by atoms with Crippen molar-refractivity contribution in [3.8, 4) is 0 Å². The number of nitrogens with zero attached hydrogens (tertiary/aromatic N) is 3. The molecule has 0 spiro atoms. The van der Waals surface area contributed by atoms with Crippen LogP contribution in [0.5, 0.6) is 0 Å². The highest BCUT2D eigenvalue weighted by Crippen LogP contribution is 2.32. The smallest absolute Gasteiger partial charge is 0.324 e.